The van der Waals surface area contributed by atoms with E-state index in [9.17, 15) is 0 Å². The third-order valence-corrected chi connectivity index (χ3v) is 3.05. The third kappa shape index (κ3) is 3.23. The highest BCUT2D eigenvalue weighted by Gasteiger charge is 2.03. The second-order valence-electron chi connectivity index (χ2n) is 4.48. The first kappa shape index (κ1) is 12.9. The molecule has 0 fully saturated rings. The molecule has 2 nitrogen and oxygen atoms in total. The smallest absolute Gasteiger partial charge is 0.171 e. The van der Waals surface area contributed by atoms with Crippen LogP contribution in [0, 0.1) is 0 Å². The molecule has 0 aliphatic heterocycles. The van der Waals surface area contributed by atoms with E-state index in [0.717, 1.165) is 5.56 Å². The summed E-state index contributed by atoms with van der Waals surface area (Å²) < 4.78 is 5.63. The minimum Gasteiger partial charge on any atom is -0.486 e. The Kier molecular flexibility index (Phi) is 4.21. The Hall–Kier alpha value is -1.54. The summed E-state index contributed by atoms with van der Waals surface area (Å²) in [6.07, 6.45) is 1.65. The van der Waals surface area contributed by atoms with Gasteiger partial charge in [-0.2, -0.15) is 0 Å². The van der Waals surface area contributed by atoms with Crippen LogP contribution in [0.3, 0.4) is 0 Å². The van der Waals surface area contributed by atoms with Crippen molar-refractivity contribution in [1.82, 2.24) is 4.98 Å². The van der Waals surface area contributed by atoms with Crippen LogP contribution in [0.1, 0.15) is 30.9 Å². The van der Waals surface area contributed by atoms with Crippen molar-refractivity contribution in [3.8, 4) is 5.75 Å². The quantitative estimate of drug-likeness (QED) is 0.759. The maximum Gasteiger partial charge on any atom is 0.171 e. The number of hydrogen-bond donors (Lipinski definition) is 0. The molecule has 3 heteroatoms. The lowest BCUT2D eigenvalue weighted by Gasteiger charge is -2.09. The number of halogens is 1. The van der Waals surface area contributed by atoms with Crippen molar-refractivity contribution in [2.24, 2.45) is 0 Å². The third-order valence-electron chi connectivity index (χ3n) is 2.77. The van der Waals surface area contributed by atoms with Crippen LogP contribution in [0.5, 0.6) is 5.75 Å². The Labute approximate surface area is 113 Å². The van der Waals surface area contributed by atoms with Crippen LogP contribution >= 0.6 is 11.6 Å². The molecule has 0 radical (unpaired) electrons. The van der Waals surface area contributed by atoms with Gasteiger partial charge in [0.25, 0.3) is 0 Å². The summed E-state index contributed by atoms with van der Waals surface area (Å²) in [6.45, 7) is 4.87. The van der Waals surface area contributed by atoms with Crippen LogP contribution < -0.4 is 4.74 Å². The molecule has 0 spiro atoms. The molecule has 0 aliphatic carbocycles. The monoisotopic (exact) mass is 261 g/mol. The van der Waals surface area contributed by atoms with Crippen LogP contribution in [0.15, 0.2) is 42.6 Å². The molecule has 1 aromatic heterocycles. The van der Waals surface area contributed by atoms with E-state index in [-0.39, 0.29) is 0 Å². The number of pyridine rings is 1. The van der Waals surface area contributed by atoms with Crippen LogP contribution in [-0.4, -0.2) is 4.98 Å². The number of hydrogen-bond acceptors (Lipinski definition) is 2. The van der Waals surface area contributed by atoms with Gasteiger partial charge in [-0.1, -0.05) is 49.7 Å². The van der Waals surface area contributed by atoms with Gasteiger partial charge in [-0.15, -0.1) is 0 Å². The summed E-state index contributed by atoms with van der Waals surface area (Å²) in [5.74, 6) is 1.17. The summed E-state index contributed by atoms with van der Waals surface area (Å²) in [6, 6.07) is 12.1. The number of benzene rings is 1. The van der Waals surface area contributed by atoms with Crippen molar-refractivity contribution in [2.75, 3.05) is 0 Å². The Morgan fingerprint density at radius 3 is 2.50 bits per heavy atom. The molecule has 0 amide bonds. The predicted octanol–water partition coefficient (Wildman–Crippen LogP) is 4.44. The first-order valence-electron chi connectivity index (χ1n) is 5.99. The van der Waals surface area contributed by atoms with E-state index in [4.69, 9.17) is 16.3 Å². The molecule has 94 valence electrons. The van der Waals surface area contributed by atoms with Gasteiger partial charge in [0.05, 0.1) is 0 Å². The number of nitrogens with zero attached hydrogens (tertiary/aromatic N) is 1. The van der Waals surface area contributed by atoms with E-state index >= 15 is 0 Å². The predicted molar refractivity (Wildman–Crippen MR) is 74.1 cm³/mol. The molecule has 0 atom stereocenters. The van der Waals surface area contributed by atoms with Gasteiger partial charge in [-0.25, -0.2) is 4.98 Å². The summed E-state index contributed by atoms with van der Waals surface area (Å²) in [5, 5.41) is 0.399. The van der Waals surface area contributed by atoms with Crippen molar-refractivity contribution < 1.29 is 4.74 Å². The summed E-state index contributed by atoms with van der Waals surface area (Å²) in [4.78, 5) is 3.97. The largest absolute Gasteiger partial charge is 0.486 e. The lowest BCUT2D eigenvalue weighted by atomic mass is 10.0. The van der Waals surface area contributed by atoms with Gasteiger partial charge in [-0.05, 0) is 29.2 Å². The number of aromatic nitrogens is 1. The Balaban J connectivity index is 2.00. The van der Waals surface area contributed by atoms with Gasteiger partial charge in [0, 0.05) is 6.20 Å². The van der Waals surface area contributed by atoms with Crippen LogP contribution in [0.2, 0.25) is 5.15 Å². The van der Waals surface area contributed by atoms with Crippen molar-refractivity contribution in [3.63, 3.8) is 0 Å². The summed E-state index contributed by atoms with van der Waals surface area (Å²) in [7, 11) is 0. The van der Waals surface area contributed by atoms with Crippen LogP contribution in [0.25, 0.3) is 0 Å². The molecule has 0 saturated heterocycles. The molecule has 2 aromatic rings. The molecule has 0 aliphatic rings. The average Bonchev–Trinajstić information content (AvgIpc) is 2.38. The molecule has 1 heterocycles. The molecule has 0 bridgehead atoms. The Morgan fingerprint density at radius 1 is 1.17 bits per heavy atom. The minimum absolute atomic E-state index is 0.399. The van der Waals surface area contributed by atoms with Gasteiger partial charge < -0.3 is 4.74 Å². The molecule has 1 aromatic carbocycles. The zero-order valence-electron chi connectivity index (χ0n) is 10.6. The van der Waals surface area contributed by atoms with Crippen molar-refractivity contribution in [3.05, 3.63) is 58.9 Å². The molecular weight excluding hydrogens is 246 g/mol. The van der Waals surface area contributed by atoms with Gasteiger partial charge in [0.1, 0.15) is 6.61 Å². The zero-order valence-corrected chi connectivity index (χ0v) is 11.3. The van der Waals surface area contributed by atoms with E-state index in [0.29, 0.717) is 23.4 Å². The molecular formula is C15H16ClNO. The molecule has 0 N–H and O–H groups in total. The second kappa shape index (κ2) is 5.87. The zero-order chi connectivity index (χ0) is 13.0. The normalized spacial score (nSPS) is 10.7. The first-order chi connectivity index (χ1) is 8.66. The van der Waals surface area contributed by atoms with E-state index in [1.807, 2.05) is 12.1 Å². The lowest BCUT2D eigenvalue weighted by molar-refractivity contribution is 0.305. The van der Waals surface area contributed by atoms with Crippen molar-refractivity contribution >= 4 is 11.6 Å². The van der Waals surface area contributed by atoms with Crippen LogP contribution in [-0.2, 0) is 6.61 Å². The second-order valence-corrected chi connectivity index (χ2v) is 4.84. The average molecular weight is 262 g/mol. The highest BCUT2D eigenvalue weighted by atomic mass is 35.5. The Bertz CT molecular complexity index is 508. The topological polar surface area (TPSA) is 22.1 Å². The van der Waals surface area contributed by atoms with Gasteiger partial charge >= 0.3 is 0 Å². The van der Waals surface area contributed by atoms with E-state index in [1.165, 1.54) is 5.56 Å². The fourth-order valence-corrected chi connectivity index (χ4v) is 1.81. The minimum atomic E-state index is 0.399. The fraction of sp³-hybridized carbons (Fsp3) is 0.267. The van der Waals surface area contributed by atoms with Gasteiger partial charge in [-0.3, -0.25) is 0 Å². The fourth-order valence-electron chi connectivity index (χ4n) is 1.64. The van der Waals surface area contributed by atoms with E-state index in [2.05, 4.69) is 43.1 Å². The molecule has 0 unspecified atom stereocenters. The van der Waals surface area contributed by atoms with Crippen molar-refractivity contribution in [2.45, 2.75) is 26.4 Å². The maximum absolute atomic E-state index is 5.92. The summed E-state index contributed by atoms with van der Waals surface area (Å²) in [5.41, 5.74) is 2.46. The maximum atomic E-state index is 5.92. The lowest BCUT2D eigenvalue weighted by Crippen LogP contribution is -1.97. The van der Waals surface area contributed by atoms with Crippen LogP contribution in [0.4, 0.5) is 0 Å². The van der Waals surface area contributed by atoms with Crippen molar-refractivity contribution in [1.29, 1.82) is 0 Å². The van der Waals surface area contributed by atoms with Gasteiger partial charge in [0.15, 0.2) is 10.9 Å². The highest BCUT2D eigenvalue weighted by molar-refractivity contribution is 6.30. The standard InChI is InChI=1S/C15H16ClNO/c1-11(2)13-7-5-12(6-8-13)10-18-14-4-3-9-17-15(14)16/h3-9,11H,10H2,1-2H3. The molecule has 2 rings (SSSR count). The molecule has 18 heavy (non-hydrogen) atoms. The first-order valence-corrected chi connectivity index (χ1v) is 6.37. The van der Waals surface area contributed by atoms with Gasteiger partial charge in [0.2, 0.25) is 0 Å². The SMILES string of the molecule is CC(C)c1ccc(COc2cccnc2Cl)cc1. The highest BCUT2D eigenvalue weighted by Crippen LogP contribution is 2.22. The Morgan fingerprint density at radius 2 is 1.89 bits per heavy atom. The number of rotatable bonds is 4. The number of ether oxygens (including phenoxy) is 1. The molecule has 0 saturated carbocycles. The van der Waals surface area contributed by atoms with E-state index in [1.54, 1.807) is 6.20 Å². The van der Waals surface area contributed by atoms with E-state index < -0.39 is 0 Å². The summed E-state index contributed by atoms with van der Waals surface area (Å²) >= 11 is 5.92.